The molecule has 0 aromatic carbocycles. The van der Waals surface area contributed by atoms with Gasteiger partial charge in [0.1, 0.15) is 18.2 Å². The summed E-state index contributed by atoms with van der Waals surface area (Å²) in [5.74, 6) is 0.573. The first-order valence-electron chi connectivity index (χ1n) is 9.75. The van der Waals surface area contributed by atoms with E-state index in [0.717, 1.165) is 45.0 Å². The molecule has 0 unspecified atom stereocenters. The van der Waals surface area contributed by atoms with Gasteiger partial charge in [-0.05, 0) is 18.9 Å². The number of hydrogen-bond acceptors (Lipinski definition) is 6. The van der Waals surface area contributed by atoms with Gasteiger partial charge in [0.05, 0.1) is 32.7 Å². The SMILES string of the molecule is O=C1NC2(CCCC2)C(=O)N1C[C@@H](O)C[NH+]1CCN(c2ncccn2)CC1. The average molecular weight is 375 g/mol. The van der Waals surface area contributed by atoms with Crippen LogP contribution in [0.4, 0.5) is 10.7 Å². The van der Waals surface area contributed by atoms with E-state index in [1.54, 1.807) is 18.5 Å². The number of nitrogens with one attached hydrogen (secondary N) is 2. The van der Waals surface area contributed by atoms with Crippen LogP contribution in [-0.4, -0.2) is 82.8 Å². The summed E-state index contributed by atoms with van der Waals surface area (Å²) in [6.07, 6.45) is 6.09. The molecule has 3 fully saturated rings. The fourth-order valence-corrected chi connectivity index (χ4v) is 4.45. The standard InChI is InChI=1S/C18H26N6O3/c25-14(13-24-15(26)18(21-17(24)27)4-1-2-5-18)12-22-8-10-23(11-9-22)16-19-6-3-7-20-16/h3,6-7,14,25H,1-2,4-5,8-13H2,(H,21,27)/p+1/t14-/m0/s1. The van der Waals surface area contributed by atoms with Crippen LogP contribution in [0.3, 0.4) is 0 Å². The largest absolute Gasteiger partial charge is 0.385 e. The Balaban J connectivity index is 1.27. The van der Waals surface area contributed by atoms with Crippen LogP contribution >= 0.6 is 0 Å². The van der Waals surface area contributed by atoms with Crippen molar-refractivity contribution in [2.75, 3.05) is 44.2 Å². The molecule has 3 aliphatic rings. The number of aliphatic hydroxyl groups excluding tert-OH is 1. The van der Waals surface area contributed by atoms with Gasteiger partial charge in [0.15, 0.2) is 0 Å². The molecular weight excluding hydrogens is 348 g/mol. The van der Waals surface area contributed by atoms with Crippen LogP contribution in [0.5, 0.6) is 0 Å². The molecule has 9 nitrogen and oxygen atoms in total. The number of imide groups is 1. The Morgan fingerprint density at radius 1 is 1.19 bits per heavy atom. The number of anilines is 1. The van der Waals surface area contributed by atoms with E-state index in [1.165, 1.54) is 9.80 Å². The third-order valence-corrected chi connectivity index (χ3v) is 5.93. The minimum absolute atomic E-state index is 0.0709. The number of β-amino-alcohol motifs (C(OH)–C–C–N with tert-alkyl or cyclic N) is 1. The summed E-state index contributed by atoms with van der Waals surface area (Å²) in [6, 6.07) is 1.44. The number of nitrogens with zero attached hydrogens (tertiary/aromatic N) is 4. The lowest BCUT2D eigenvalue weighted by molar-refractivity contribution is -0.903. The third kappa shape index (κ3) is 3.61. The van der Waals surface area contributed by atoms with E-state index in [1.807, 2.05) is 0 Å². The van der Waals surface area contributed by atoms with Crippen molar-refractivity contribution in [2.45, 2.75) is 37.3 Å². The smallest absolute Gasteiger partial charge is 0.325 e. The van der Waals surface area contributed by atoms with E-state index in [4.69, 9.17) is 0 Å². The molecule has 1 aliphatic carbocycles. The number of carbonyl (C=O) groups excluding carboxylic acids is 2. The molecule has 2 aliphatic heterocycles. The van der Waals surface area contributed by atoms with Crippen LogP contribution in [0.15, 0.2) is 18.5 Å². The summed E-state index contributed by atoms with van der Waals surface area (Å²) in [5, 5.41) is 13.3. The molecule has 4 rings (SSSR count). The van der Waals surface area contributed by atoms with Crippen LogP contribution in [0.1, 0.15) is 25.7 Å². The maximum atomic E-state index is 12.7. The molecule has 1 aromatic heterocycles. The highest BCUT2D eigenvalue weighted by molar-refractivity contribution is 6.07. The van der Waals surface area contributed by atoms with Crippen molar-refractivity contribution in [3.8, 4) is 0 Å². The summed E-state index contributed by atoms with van der Waals surface area (Å²) in [6.45, 7) is 3.95. The Bertz CT molecular complexity index is 686. The molecule has 1 aromatic rings. The minimum atomic E-state index is -0.717. The fourth-order valence-electron chi connectivity index (χ4n) is 4.45. The number of aliphatic hydroxyl groups is 1. The Kier molecular flexibility index (Phi) is 4.96. The molecule has 3 N–H and O–H groups in total. The van der Waals surface area contributed by atoms with Crippen LogP contribution in [-0.2, 0) is 4.79 Å². The Hall–Kier alpha value is -2.26. The maximum absolute atomic E-state index is 12.7. The topological polar surface area (TPSA) is 103 Å². The summed E-state index contributed by atoms with van der Waals surface area (Å²) in [4.78, 5) is 38.1. The van der Waals surface area contributed by atoms with Gasteiger partial charge in [-0.15, -0.1) is 0 Å². The van der Waals surface area contributed by atoms with Crippen molar-refractivity contribution in [1.29, 1.82) is 0 Å². The number of carbonyl (C=O) groups is 2. The van der Waals surface area contributed by atoms with Gasteiger partial charge in [-0.1, -0.05) is 12.8 Å². The molecule has 2 saturated heterocycles. The van der Waals surface area contributed by atoms with Crippen molar-refractivity contribution in [1.82, 2.24) is 20.2 Å². The minimum Gasteiger partial charge on any atom is -0.385 e. The lowest BCUT2D eigenvalue weighted by Crippen LogP contribution is -3.16. The molecule has 9 heteroatoms. The quantitative estimate of drug-likeness (QED) is 0.536. The second kappa shape index (κ2) is 7.40. The van der Waals surface area contributed by atoms with E-state index in [0.29, 0.717) is 19.4 Å². The molecule has 1 saturated carbocycles. The van der Waals surface area contributed by atoms with Crippen molar-refractivity contribution < 1.29 is 19.6 Å². The Labute approximate surface area is 158 Å². The molecule has 3 heterocycles. The molecule has 27 heavy (non-hydrogen) atoms. The van der Waals surface area contributed by atoms with Crippen LogP contribution in [0.2, 0.25) is 0 Å². The van der Waals surface area contributed by atoms with Crippen LogP contribution in [0.25, 0.3) is 0 Å². The maximum Gasteiger partial charge on any atom is 0.325 e. The Morgan fingerprint density at radius 3 is 2.52 bits per heavy atom. The second-order valence-corrected chi connectivity index (χ2v) is 7.78. The second-order valence-electron chi connectivity index (χ2n) is 7.78. The zero-order valence-corrected chi connectivity index (χ0v) is 15.4. The number of hydrogen-bond donors (Lipinski definition) is 3. The first-order chi connectivity index (χ1) is 13.1. The molecule has 3 amide bonds. The van der Waals surface area contributed by atoms with Gasteiger partial charge in [-0.25, -0.2) is 14.8 Å². The van der Waals surface area contributed by atoms with Gasteiger partial charge >= 0.3 is 6.03 Å². The van der Waals surface area contributed by atoms with Gasteiger partial charge < -0.3 is 20.2 Å². The normalized spacial score (nSPS) is 23.9. The van der Waals surface area contributed by atoms with Crippen molar-refractivity contribution in [3.63, 3.8) is 0 Å². The van der Waals surface area contributed by atoms with E-state index >= 15 is 0 Å². The van der Waals surface area contributed by atoms with Gasteiger partial charge in [0.25, 0.3) is 5.91 Å². The van der Waals surface area contributed by atoms with Crippen LogP contribution in [0, 0.1) is 0 Å². The zero-order chi connectivity index (χ0) is 18.9. The van der Waals surface area contributed by atoms with E-state index in [2.05, 4.69) is 20.2 Å². The van der Waals surface area contributed by atoms with Gasteiger partial charge in [-0.3, -0.25) is 9.69 Å². The number of aromatic nitrogens is 2. The molecular formula is C18H27N6O3+. The molecule has 0 radical (unpaired) electrons. The summed E-state index contributed by atoms with van der Waals surface area (Å²) in [7, 11) is 0. The highest BCUT2D eigenvalue weighted by Crippen LogP contribution is 2.34. The van der Waals surface area contributed by atoms with Crippen molar-refractivity contribution in [2.24, 2.45) is 0 Å². The highest BCUT2D eigenvalue weighted by atomic mass is 16.3. The Morgan fingerprint density at radius 2 is 1.85 bits per heavy atom. The number of rotatable bonds is 5. The van der Waals surface area contributed by atoms with Crippen molar-refractivity contribution >= 4 is 17.9 Å². The first kappa shape index (κ1) is 18.1. The lowest BCUT2D eigenvalue weighted by Gasteiger charge is -2.33. The number of piperazine rings is 1. The summed E-state index contributed by atoms with van der Waals surface area (Å²) >= 11 is 0. The number of amides is 3. The van der Waals surface area contributed by atoms with E-state index in [-0.39, 0.29) is 18.5 Å². The van der Waals surface area contributed by atoms with E-state index < -0.39 is 11.6 Å². The molecule has 1 atom stereocenters. The monoisotopic (exact) mass is 375 g/mol. The van der Waals surface area contributed by atoms with E-state index in [9.17, 15) is 14.7 Å². The predicted molar refractivity (Wildman–Crippen MR) is 97.3 cm³/mol. The fraction of sp³-hybridized carbons (Fsp3) is 0.667. The summed E-state index contributed by atoms with van der Waals surface area (Å²) in [5.41, 5.74) is -0.703. The average Bonchev–Trinajstić information content (AvgIpc) is 3.24. The molecule has 0 bridgehead atoms. The van der Waals surface area contributed by atoms with Crippen LogP contribution < -0.4 is 15.1 Å². The zero-order valence-electron chi connectivity index (χ0n) is 15.4. The first-order valence-corrected chi connectivity index (χ1v) is 9.75. The van der Waals surface area contributed by atoms with Gasteiger partial charge in [-0.2, -0.15) is 0 Å². The highest BCUT2D eigenvalue weighted by Gasteiger charge is 2.52. The third-order valence-electron chi connectivity index (χ3n) is 5.93. The number of quaternary nitrogens is 1. The van der Waals surface area contributed by atoms with Gasteiger partial charge in [0, 0.05) is 12.4 Å². The molecule has 146 valence electrons. The lowest BCUT2D eigenvalue weighted by atomic mass is 9.98. The summed E-state index contributed by atoms with van der Waals surface area (Å²) < 4.78 is 0. The molecule has 1 spiro atoms. The number of urea groups is 1. The van der Waals surface area contributed by atoms with Gasteiger partial charge in [0.2, 0.25) is 5.95 Å². The predicted octanol–water partition coefficient (Wildman–Crippen LogP) is -1.59. The van der Waals surface area contributed by atoms with Crippen molar-refractivity contribution in [3.05, 3.63) is 18.5 Å².